The first kappa shape index (κ1) is 12.7. The Hall–Kier alpha value is -0.410. The first-order valence-corrected chi connectivity index (χ1v) is 6.00. The highest BCUT2D eigenvalue weighted by Gasteiger charge is 2.25. The normalized spacial score (nSPS) is 23.3. The van der Waals surface area contributed by atoms with Crippen LogP contribution in [0.15, 0.2) is 0 Å². The van der Waals surface area contributed by atoms with E-state index in [9.17, 15) is 4.79 Å². The molecule has 0 saturated carbocycles. The molecule has 0 aromatic rings. The van der Waals surface area contributed by atoms with Crippen LogP contribution >= 0.6 is 0 Å². The van der Waals surface area contributed by atoms with Crippen molar-refractivity contribution in [1.29, 1.82) is 0 Å². The van der Waals surface area contributed by atoms with E-state index in [2.05, 4.69) is 25.7 Å². The SMILES string of the molecule is CCN1CCOC(C(=O)CCC(C)C)C1. The van der Waals surface area contributed by atoms with E-state index in [1.165, 1.54) is 0 Å². The number of Topliss-reactive ketones (excluding diaryl/α,β-unsaturated/α-hetero) is 1. The number of morpholine rings is 1. The highest BCUT2D eigenvalue weighted by atomic mass is 16.5. The van der Waals surface area contributed by atoms with Gasteiger partial charge in [0.15, 0.2) is 5.78 Å². The van der Waals surface area contributed by atoms with Gasteiger partial charge in [0.25, 0.3) is 0 Å². The summed E-state index contributed by atoms with van der Waals surface area (Å²) in [5.74, 6) is 0.877. The fourth-order valence-corrected chi connectivity index (χ4v) is 1.78. The number of hydrogen-bond acceptors (Lipinski definition) is 3. The van der Waals surface area contributed by atoms with Crippen LogP contribution in [0.1, 0.15) is 33.6 Å². The van der Waals surface area contributed by atoms with Crippen molar-refractivity contribution in [3.63, 3.8) is 0 Å². The molecule has 3 heteroatoms. The van der Waals surface area contributed by atoms with Crippen molar-refractivity contribution >= 4 is 5.78 Å². The van der Waals surface area contributed by atoms with E-state index in [0.29, 0.717) is 18.9 Å². The number of hydrogen-bond donors (Lipinski definition) is 0. The fourth-order valence-electron chi connectivity index (χ4n) is 1.78. The third-order valence-corrected chi connectivity index (χ3v) is 2.92. The maximum atomic E-state index is 11.8. The van der Waals surface area contributed by atoms with Gasteiger partial charge in [-0.15, -0.1) is 0 Å². The molecule has 0 aromatic heterocycles. The summed E-state index contributed by atoms with van der Waals surface area (Å²) >= 11 is 0. The Kier molecular flexibility index (Phi) is 5.26. The number of carbonyl (C=O) groups excluding carboxylic acids is 1. The summed E-state index contributed by atoms with van der Waals surface area (Å²) < 4.78 is 5.51. The molecule has 1 atom stereocenters. The molecule has 1 fully saturated rings. The highest BCUT2D eigenvalue weighted by molar-refractivity contribution is 5.83. The Labute approximate surface area is 92.8 Å². The summed E-state index contributed by atoms with van der Waals surface area (Å²) in [5, 5.41) is 0. The zero-order valence-corrected chi connectivity index (χ0v) is 10.2. The van der Waals surface area contributed by atoms with Gasteiger partial charge in [0.05, 0.1) is 6.61 Å². The van der Waals surface area contributed by atoms with Gasteiger partial charge in [-0.25, -0.2) is 0 Å². The summed E-state index contributed by atoms with van der Waals surface area (Å²) in [4.78, 5) is 14.1. The molecule has 0 amide bonds. The average Bonchev–Trinajstić information content (AvgIpc) is 2.26. The molecular weight excluding hydrogens is 190 g/mol. The van der Waals surface area contributed by atoms with Gasteiger partial charge in [0.1, 0.15) is 6.10 Å². The number of carbonyl (C=O) groups is 1. The van der Waals surface area contributed by atoms with Crippen LogP contribution in [0.5, 0.6) is 0 Å². The first-order valence-electron chi connectivity index (χ1n) is 6.00. The maximum absolute atomic E-state index is 11.8. The lowest BCUT2D eigenvalue weighted by Crippen LogP contribution is -2.45. The van der Waals surface area contributed by atoms with E-state index in [4.69, 9.17) is 4.74 Å². The van der Waals surface area contributed by atoms with Crippen LogP contribution in [0.25, 0.3) is 0 Å². The number of likely N-dealkylation sites (N-methyl/N-ethyl adjacent to an activating group) is 1. The molecule has 1 aliphatic rings. The third kappa shape index (κ3) is 4.31. The molecule has 88 valence electrons. The second-order valence-corrected chi connectivity index (χ2v) is 4.65. The maximum Gasteiger partial charge on any atom is 0.162 e. The van der Waals surface area contributed by atoms with Gasteiger partial charge in [-0.3, -0.25) is 9.69 Å². The summed E-state index contributed by atoms with van der Waals surface area (Å²) in [6.07, 6.45) is 1.47. The highest BCUT2D eigenvalue weighted by Crippen LogP contribution is 2.11. The molecule has 3 nitrogen and oxygen atoms in total. The molecule has 0 spiro atoms. The summed E-state index contributed by atoms with van der Waals surface area (Å²) in [7, 11) is 0. The number of ether oxygens (including phenoxy) is 1. The Morgan fingerprint density at radius 2 is 2.27 bits per heavy atom. The zero-order chi connectivity index (χ0) is 11.3. The predicted octanol–water partition coefficient (Wildman–Crippen LogP) is 1.71. The summed E-state index contributed by atoms with van der Waals surface area (Å²) in [6.45, 7) is 9.88. The molecule has 0 bridgehead atoms. The van der Waals surface area contributed by atoms with E-state index in [1.807, 2.05) is 0 Å². The fraction of sp³-hybridized carbons (Fsp3) is 0.917. The minimum absolute atomic E-state index is 0.169. The van der Waals surface area contributed by atoms with E-state index in [0.717, 1.165) is 26.1 Å². The lowest BCUT2D eigenvalue weighted by atomic mass is 10.0. The van der Waals surface area contributed by atoms with Crippen LogP contribution in [0.3, 0.4) is 0 Å². The second-order valence-electron chi connectivity index (χ2n) is 4.65. The molecule has 15 heavy (non-hydrogen) atoms. The molecular formula is C12H23NO2. The molecule has 1 rings (SSSR count). The minimum atomic E-state index is -0.169. The van der Waals surface area contributed by atoms with Crippen molar-refractivity contribution in [1.82, 2.24) is 4.90 Å². The van der Waals surface area contributed by atoms with Gasteiger partial charge in [-0.1, -0.05) is 20.8 Å². The third-order valence-electron chi connectivity index (χ3n) is 2.92. The van der Waals surface area contributed by atoms with Gasteiger partial charge < -0.3 is 4.74 Å². The lowest BCUT2D eigenvalue weighted by Gasteiger charge is -2.31. The van der Waals surface area contributed by atoms with E-state index < -0.39 is 0 Å². The Bertz CT molecular complexity index is 204. The van der Waals surface area contributed by atoms with Gasteiger partial charge >= 0.3 is 0 Å². The molecule has 0 N–H and O–H groups in total. The number of nitrogens with zero attached hydrogens (tertiary/aromatic N) is 1. The number of ketones is 1. The minimum Gasteiger partial charge on any atom is -0.368 e. The van der Waals surface area contributed by atoms with Crippen LogP contribution < -0.4 is 0 Å². The van der Waals surface area contributed by atoms with Crippen LogP contribution in [0.4, 0.5) is 0 Å². The second kappa shape index (κ2) is 6.23. The smallest absolute Gasteiger partial charge is 0.162 e. The topological polar surface area (TPSA) is 29.5 Å². The molecule has 0 aliphatic carbocycles. The Morgan fingerprint density at radius 1 is 1.53 bits per heavy atom. The zero-order valence-electron chi connectivity index (χ0n) is 10.2. The van der Waals surface area contributed by atoms with E-state index in [1.54, 1.807) is 0 Å². The molecule has 1 heterocycles. The lowest BCUT2D eigenvalue weighted by molar-refractivity contribution is -0.136. The predicted molar refractivity (Wildman–Crippen MR) is 60.9 cm³/mol. The molecule has 0 aromatic carbocycles. The van der Waals surface area contributed by atoms with Crippen molar-refractivity contribution in [3.05, 3.63) is 0 Å². The standard InChI is InChI=1S/C12H23NO2/c1-4-13-7-8-15-12(9-13)11(14)6-5-10(2)3/h10,12H,4-9H2,1-3H3. The van der Waals surface area contributed by atoms with Crippen LogP contribution in [0.2, 0.25) is 0 Å². The summed E-state index contributed by atoms with van der Waals surface area (Å²) in [6, 6.07) is 0. The molecule has 1 unspecified atom stereocenters. The van der Waals surface area contributed by atoms with Crippen LogP contribution in [-0.4, -0.2) is 43.0 Å². The van der Waals surface area contributed by atoms with Crippen molar-refractivity contribution < 1.29 is 9.53 Å². The Morgan fingerprint density at radius 3 is 2.87 bits per heavy atom. The average molecular weight is 213 g/mol. The summed E-state index contributed by atoms with van der Waals surface area (Å²) in [5.41, 5.74) is 0. The van der Waals surface area contributed by atoms with Crippen molar-refractivity contribution in [2.45, 2.75) is 39.7 Å². The van der Waals surface area contributed by atoms with Crippen molar-refractivity contribution in [2.75, 3.05) is 26.2 Å². The van der Waals surface area contributed by atoms with Crippen LogP contribution in [-0.2, 0) is 9.53 Å². The Balaban J connectivity index is 2.32. The monoisotopic (exact) mass is 213 g/mol. The van der Waals surface area contributed by atoms with Gasteiger partial charge in [-0.2, -0.15) is 0 Å². The quantitative estimate of drug-likeness (QED) is 0.696. The molecule has 1 aliphatic heterocycles. The van der Waals surface area contributed by atoms with Crippen molar-refractivity contribution in [3.8, 4) is 0 Å². The molecule has 1 saturated heterocycles. The first-order chi connectivity index (χ1) is 7.13. The van der Waals surface area contributed by atoms with Gasteiger partial charge in [0, 0.05) is 19.5 Å². The molecule has 0 radical (unpaired) electrons. The number of rotatable bonds is 5. The van der Waals surface area contributed by atoms with Crippen molar-refractivity contribution in [2.24, 2.45) is 5.92 Å². The van der Waals surface area contributed by atoms with Gasteiger partial charge in [0.2, 0.25) is 0 Å². The van der Waals surface area contributed by atoms with E-state index >= 15 is 0 Å². The van der Waals surface area contributed by atoms with Crippen LogP contribution in [0, 0.1) is 5.92 Å². The van der Waals surface area contributed by atoms with Gasteiger partial charge in [-0.05, 0) is 18.9 Å². The van der Waals surface area contributed by atoms with E-state index in [-0.39, 0.29) is 11.9 Å². The largest absolute Gasteiger partial charge is 0.368 e.